The highest BCUT2D eigenvalue weighted by atomic mass is 35.5. The number of amides is 4. The number of halogens is 1. The van der Waals surface area contributed by atoms with Gasteiger partial charge in [0.1, 0.15) is 22.8 Å². The van der Waals surface area contributed by atoms with Crippen LogP contribution >= 0.6 is 11.6 Å². The third-order valence-electron chi connectivity index (χ3n) is 4.90. The summed E-state index contributed by atoms with van der Waals surface area (Å²) >= 11 is 6.01. The summed E-state index contributed by atoms with van der Waals surface area (Å²) in [5.74, 6) is -1.74. The number of hydrogen-bond donors (Lipinski definition) is 2. The molecule has 0 bridgehead atoms. The predicted octanol–water partition coefficient (Wildman–Crippen LogP) is 4.36. The molecule has 1 fully saturated rings. The lowest BCUT2D eigenvalue weighted by atomic mass is 10.1. The van der Waals surface area contributed by atoms with E-state index >= 15 is 0 Å². The van der Waals surface area contributed by atoms with Crippen LogP contribution in [0.4, 0.5) is 10.5 Å². The number of nitrogens with zero attached hydrogens (tertiary/aromatic N) is 1. The van der Waals surface area contributed by atoms with Crippen LogP contribution in [-0.2, 0) is 9.59 Å². The van der Waals surface area contributed by atoms with Gasteiger partial charge in [-0.2, -0.15) is 0 Å². The lowest BCUT2D eigenvalue weighted by Crippen LogP contribution is -2.54. The molecule has 2 N–H and O–H groups in total. The molecule has 10 heteroatoms. The maximum Gasteiger partial charge on any atom is 0.337 e. The Morgan fingerprint density at radius 3 is 2.50 bits per heavy atom. The van der Waals surface area contributed by atoms with Gasteiger partial charge in [0.2, 0.25) is 0 Å². The standard InChI is InChI=1S/C24H17ClN2O7/c1-2-33-15-6-4-14(5-7-15)27-22(29)18(21(28)26-24(27)32)12-16-8-10-20(34-16)13-3-9-17(23(30)31)19(25)11-13/h3-12H,2H2,1H3,(H,30,31)(H,26,28,32)/b18-12-. The van der Waals surface area contributed by atoms with Crippen LogP contribution in [-0.4, -0.2) is 35.5 Å². The lowest BCUT2D eigenvalue weighted by molar-refractivity contribution is -0.122. The van der Waals surface area contributed by atoms with Crippen molar-refractivity contribution in [3.63, 3.8) is 0 Å². The van der Waals surface area contributed by atoms with Crippen molar-refractivity contribution in [1.82, 2.24) is 5.32 Å². The molecular formula is C24H17ClN2O7. The van der Waals surface area contributed by atoms with Gasteiger partial charge >= 0.3 is 12.0 Å². The summed E-state index contributed by atoms with van der Waals surface area (Å²) in [6.07, 6.45) is 1.22. The maximum atomic E-state index is 13.0. The van der Waals surface area contributed by atoms with Gasteiger partial charge in [-0.15, -0.1) is 0 Å². The fraction of sp³-hybridized carbons (Fsp3) is 0.0833. The number of carboxylic acid groups (broad SMARTS) is 1. The van der Waals surface area contributed by atoms with Crippen molar-refractivity contribution in [1.29, 1.82) is 0 Å². The lowest BCUT2D eigenvalue weighted by Gasteiger charge is -2.26. The zero-order valence-corrected chi connectivity index (χ0v) is 18.5. The monoisotopic (exact) mass is 480 g/mol. The van der Waals surface area contributed by atoms with E-state index in [9.17, 15) is 19.2 Å². The first kappa shape index (κ1) is 22.8. The minimum absolute atomic E-state index is 0.0349. The van der Waals surface area contributed by atoms with Gasteiger partial charge in [-0.05, 0) is 61.5 Å². The summed E-state index contributed by atoms with van der Waals surface area (Å²) < 4.78 is 11.1. The maximum absolute atomic E-state index is 13.0. The molecule has 4 amide bonds. The first-order chi connectivity index (χ1) is 16.3. The summed E-state index contributed by atoms with van der Waals surface area (Å²) in [6.45, 7) is 2.29. The third-order valence-corrected chi connectivity index (χ3v) is 5.22. The zero-order valence-electron chi connectivity index (χ0n) is 17.7. The van der Waals surface area contributed by atoms with Crippen LogP contribution < -0.4 is 15.0 Å². The first-order valence-electron chi connectivity index (χ1n) is 10.1. The van der Waals surface area contributed by atoms with Crippen molar-refractivity contribution in [3.8, 4) is 17.1 Å². The van der Waals surface area contributed by atoms with Gasteiger partial charge in [-0.1, -0.05) is 17.7 Å². The number of rotatable bonds is 6. The molecule has 0 radical (unpaired) electrons. The second-order valence-electron chi connectivity index (χ2n) is 7.09. The van der Waals surface area contributed by atoms with Gasteiger partial charge in [0.25, 0.3) is 11.8 Å². The van der Waals surface area contributed by atoms with E-state index in [4.69, 9.17) is 25.9 Å². The van der Waals surface area contributed by atoms with Crippen molar-refractivity contribution >= 4 is 47.2 Å². The van der Waals surface area contributed by atoms with E-state index in [-0.39, 0.29) is 27.6 Å². The Morgan fingerprint density at radius 2 is 1.85 bits per heavy atom. The highest BCUT2D eigenvalue weighted by Gasteiger charge is 2.37. The highest BCUT2D eigenvalue weighted by Crippen LogP contribution is 2.29. The van der Waals surface area contributed by atoms with E-state index in [0.717, 1.165) is 4.90 Å². The molecule has 1 saturated heterocycles. The molecule has 0 spiro atoms. The van der Waals surface area contributed by atoms with Gasteiger partial charge in [-0.3, -0.25) is 14.9 Å². The number of imide groups is 2. The molecule has 0 saturated carbocycles. The fourth-order valence-corrected chi connectivity index (χ4v) is 3.58. The van der Waals surface area contributed by atoms with E-state index in [1.165, 1.54) is 42.5 Å². The Bertz CT molecular complexity index is 1340. The number of aromatic carboxylic acids is 1. The number of hydrogen-bond acceptors (Lipinski definition) is 6. The van der Waals surface area contributed by atoms with Crippen molar-refractivity contribution in [2.45, 2.75) is 6.92 Å². The number of anilines is 1. The van der Waals surface area contributed by atoms with Crippen LogP contribution in [0, 0.1) is 0 Å². The molecule has 1 aromatic heterocycles. The van der Waals surface area contributed by atoms with Gasteiger partial charge in [-0.25, -0.2) is 14.5 Å². The molecule has 34 heavy (non-hydrogen) atoms. The number of urea groups is 1. The average molecular weight is 481 g/mol. The fourth-order valence-electron chi connectivity index (χ4n) is 3.32. The van der Waals surface area contributed by atoms with Crippen molar-refractivity contribution in [2.75, 3.05) is 11.5 Å². The topological polar surface area (TPSA) is 126 Å². The SMILES string of the molecule is CCOc1ccc(N2C(=O)NC(=O)/C(=C/c3ccc(-c4ccc(C(=O)O)c(Cl)c4)o3)C2=O)cc1. The second-order valence-corrected chi connectivity index (χ2v) is 7.49. The number of carboxylic acids is 1. The number of benzene rings is 2. The number of carbonyl (C=O) groups is 4. The van der Waals surface area contributed by atoms with E-state index < -0.39 is 23.8 Å². The molecule has 3 aromatic rings. The van der Waals surface area contributed by atoms with E-state index in [1.54, 1.807) is 18.2 Å². The predicted molar refractivity (Wildman–Crippen MR) is 123 cm³/mol. The molecule has 1 aliphatic heterocycles. The van der Waals surface area contributed by atoms with E-state index in [2.05, 4.69) is 5.32 Å². The van der Waals surface area contributed by atoms with E-state index in [0.29, 0.717) is 23.7 Å². The minimum Gasteiger partial charge on any atom is -0.494 e. The highest BCUT2D eigenvalue weighted by molar-refractivity contribution is 6.39. The first-order valence-corrected chi connectivity index (χ1v) is 10.4. The summed E-state index contributed by atoms with van der Waals surface area (Å²) in [5, 5.41) is 11.3. The molecule has 2 heterocycles. The summed E-state index contributed by atoms with van der Waals surface area (Å²) in [7, 11) is 0. The second kappa shape index (κ2) is 9.24. The normalized spacial score (nSPS) is 14.9. The Balaban J connectivity index is 1.62. The van der Waals surface area contributed by atoms with Crippen LogP contribution in [0.25, 0.3) is 17.4 Å². The van der Waals surface area contributed by atoms with Crippen LogP contribution in [0.5, 0.6) is 5.75 Å². The van der Waals surface area contributed by atoms with Crippen molar-refractivity contribution in [3.05, 3.63) is 76.5 Å². The molecule has 9 nitrogen and oxygen atoms in total. The molecule has 172 valence electrons. The Hall–Kier alpha value is -4.37. The van der Waals surface area contributed by atoms with Crippen LogP contribution in [0.1, 0.15) is 23.0 Å². The number of ether oxygens (including phenoxy) is 1. The molecular weight excluding hydrogens is 464 g/mol. The summed E-state index contributed by atoms with van der Waals surface area (Å²) in [4.78, 5) is 49.7. The minimum atomic E-state index is -1.16. The smallest absolute Gasteiger partial charge is 0.337 e. The van der Waals surface area contributed by atoms with Crippen LogP contribution in [0.2, 0.25) is 5.02 Å². The Labute approximate surface area is 198 Å². The van der Waals surface area contributed by atoms with Crippen LogP contribution in [0.15, 0.2) is 64.6 Å². The van der Waals surface area contributed by atoms with Crippen LogP contribution in [0.3, 0.4) is 0 Å². The zero-order chi connectivity index (χ0) is 24.4. The largest absolute Gasteiger partial charge is 0.494 e. The van der Waals surface area contributed by atoms with Gasteiger partial charge in [0.15, 0.2) is 0 Å². The third kappa shape index (κ3) is 4.41. The Kier molecular flexibility index (Phi) is 6.20. The number of barbiturate groups is 1. The molecule has 4 rings (SSSR count). The number of carbonyl (C=O) groups excluding carboxylic acids is 3. The molecule has 0 unspecified atom stereocenters. The Morgan fingerprint density at radius 1 is 1.12 bits per heavy atom. The molecule has 0 atom stereocenters. The van der Waals surface area contributed by atoms with Gasteiger partial charge < -0.3 is 14.3 Å². The summed E-state index contributed by atoms with van der Waals surface area (Å²) in [5.41, 5.74) is 0.416. The molecule has 2 aromatic carbocycles. The number of nitrogens with one attached hydrogen (secondary N) is 1. The molecule has 0 aliphatic carbocycles. The van der Waals surface area contributed by atoms with Gasteiger partial charge in [0, 0.05) is 5.56 Å². The quantitative estimate of drug-likeness (QED) is 0.396. The van der Waals surface area contributed by atoms with Crippen molar-refractivity contribution < 1.29 is 33.4 Å². The molecule has 1 aliphatic rings. The van der Waals surface area contributed by atoms with Crippen molar-refractivity contribution in [2.24, 2.45) is 0 Å². The average Bonchev–Trinajstić information content (AvgIpc) is 3.26. The van der Waals surface area contributed by atoms with E-state index in [1.807, 2.05) is 6.92 Å². The summed E-state index contributed by atoms with van der Waals surface area (Å²) in [6, 6.07) is 12.8. The van der Waals surface area contributed by atoms with Gasteiger partial charge in [0.05, 0.1) is 22.9 Å². The number of furan rings is 1.